The Morgan fingerprint density at radius 2 is 2.00 bits per heavy atom. The molecule has 1 aliphatic rings. The summed E-state index contributed by atoms with van der Waals surface area (Å²) in [5.74, 6) is 1.89. The first-order valence-corrected chi connectivity index (χ1v) is 7.57. The Balaban J connectivity index is 1.62. The fraction of sp³-hybridized carbons (Fsp3) is 0.625. The highest BCUT2D eigenvalue weighted by molar-refractivity contribution is 6.30. The van der Waals surface area contributed by atoms with Crippen molar-refractivity contribution in [1.82, 2.24) is 5.32 Å². The highest BCUT2D eigenvalue weighted by atomic mass is 35.5. The van der Waals surface area contributed by atoms with E-state index in [4.69, 9.17) is 11.6 Å². The second-order valence-corrected chi connectivity index (χ2v) is 6.17. The molecule has 0 radical (unpaired) electrons. The van der Waals surface area contributed by atoms with Gasteiger partial charge in [0.25, 0.3) is 0 Å². The molecule has 100 valence electrons. The number of nitrogens with one attached hydrogen (secondary N) is 1. The monoisotopic (exact) mass is 265 g/mol. The number of hydrogen-bond acceptors (Lipinski definition) is 1. The molecule has 0 aromatic heterocycles. The predicted octanol–water partition coefficient (Wildman–Crippen LogP) is 4.65. The summed E-state index contributed by atoms with van der Waals surface area (Å²) in [6, 6.07) is 8.11. The average Bonchev–Trinajstić information content (AvgIpc) is 2.37. The van der Waals surface area contributed by atoms with Gasteiger partial charge >= 0.3 is 0 Å². The van der Waals surface area contributed by atoms with Crippen molar-refractivity contribution in [2.75, 3.05) is 6.54 Å². The zero-order valence-corrected chi connectivity index (χ0v) is 12.0. The van der Waals surface area contributed by atoms with E-state index in [1.807, 2.05) is 12.1 Å². The summed E-state index contributed by atoms with van der Waals surface area (Å²) in [7, 11) is 0. The first-order chi connectivity index (χ1) is 8.74. The second-order valence-electron chi connectivity index (χ2n) is 5.73. The number of halogens is 1. The molecule has 0 amide bonds. The lowest BCUT2D eigenvalue weighted by Crippen LogP contribution is -2.21. The summed E-state index contributed by atoms with van der Waals surface area (Å²) < 4.78 is 0. The van der Waals surface area contributed by atoms with Crippen LogP contribution in [0.25, 0.3) is 0 Å². The molecule has 0 bridgehead atoms. The molecule has 1 N–H and O–H groups in total. The molecule has 0 saturated heterocycles. The van der Waals surface area contributed by atoms with Crippen molar-refractivity contribution in [3.63, 3.8) is 0 Å². The van der Waals surface area contributed by atoms with Crippen LogP contribution in [0.1, 0.15) is 44.6 Å². The molecule has 1 aliphatic carbocycles. The van der Waals surface area contributed by atoms with Crippen molar-refractivity contribution in [1.29, 1.82) is 0 Å². The Kier molecular flexibility index (Phi) is 5.52. The molecule has 0 aliphatic heterocycles. The number of rotatable bonds is 5. The van der Waals surface area contributed by atoms with E-state index < -0.39 is 0 Å². The van der Waals surface area contributed by atoms with Gasteiger partial charge < -0.3 is 5.32 Å². The van der Waals surface area contributed by atoms with Crippen LogP contribution in [-0.2, 0) is 6.54 Å². The number of benzene rings is 1. The highest BCUT2D eigenvalue weighted by Gasteiger charge is 2.17. The van der Waals surface area contributed by atoms with E-state index in [0.29, 0.717) is 0 Å². The standard InChI is InChI=1S/C16H24ClN/c1-13-3-2-4-14(11-13)9-10-18-12-15-5-7-16(17)8-6-15/h5-8,13-14,18H,2-4,9-12H2,1H3. The molecule has 0 spiro atoms. The highest BCUT2D eigenvalue weighted by Crippen LogP contribution is 2.30. The maximum atomic E-state index is 5.87. The smallest absolute Gasteiger partial charge is 0.0406 e. The molecule has 1 saturated carbocycles. The summed E-state index contributed by atoms with van der Waals surface area (Å²) >= 11 is 5.87. The molecular weight excluding hydrogens is 242 g/mol. The first kappa shape index (κ1) is 13.9. The maximum absolute atomic E-state index is 5.87. The fourth-order valence-corrected chi connectivity index (χ4v) is 3.09. The SMILES string of the molecule is CC1CCCC(CCNCc2ccc(Cl)cc2)C1. The van der Waals surface area contributed by atoms with Gasteiger partial charge in [0, 0.05) is 11.6 Å². The van der Waals surface area contributed by atoms with E-state index in [9.17, 15) is 0 Å². The van der Waals surface area contributed by atoms with Crippen molar-refractivity contribution in [2.45, 2.75) is 45.6 Å². The van der Waals surface area contributed by atoms with Crippen molar-refractivity contribution in [3.8, 4) is 0 Å². The lowest BCUT2D eigenvalue weighted by atomic mass is 9.81. The van der Waals surface area contributed by atoms with Crippen molar-refractivity contribution >= 4 is 11.6 Å². The van der Waals surface area contributed by atoms with E-state index in [1.165, 1.54) is 37.7 Å². The topological polar surface area (TPSA) is 12.0 Å². The van der Waals surface area contributed by atoms with E-state index in [2.05, 4.69) is 24.4 Å². The van der Waals surface area contributed by atoms with Gasteiger partial charge in [0.15, 0.2) is 0 Å². The Morgan fingerprint density at radius 3 is 2.72 bits per heavy atom. The fourth-order valence-electron chi connectivity index (χ4n) is 2.96. The molecular formula is C16H24ClN. The first-order valence-electron chi connectivity index (χ1n) is 7.19. The van der Waals surface area contributed by atoms with Crippen LogP contribution in [0.5, 0.6) is 0 Å². The lowest BCUT2D eigenvalue weighted by molar-refractivity contribution is 0.267. The van der Waals surface area contributed by atoms with E-state index in [-0.39, 0.29) is 0 Å². The summed E-state index contributed by atoms with van der Waals surface area (Å²) in [5.41, 5.74) is 1.32. The minimum Gasteiger partial charge on any atom is -0.313 e. The molecule has 1 fully saturated rings. The third-order valence-corrected chi connectivity index (χ3v) is 4.27. The van der Waals surface area contributed by atoms with Crippen molar-refractivity contribution in [3.05, 3.63) is 34.9 Å². The largest absolute Gasteiger partial charge is 0.313 e. The molecule has 2 atom stereocenters. The molecule has 2 heteroatoms. The van der Waals surface area contributed by atoms with Crippen LogP contribution >= 0.6 is 11.6 Å². The number of hydrogen-bond donors (Lipinski definition) is 1. The van der Waals surface area contributed by atoms with Crippen LogP contribution in [-0.4, -0.2) is 6.54 Å². The molecule has 1 aromatic carbocycles. The van der Waals surface area contributed by atoms with Crippen LogP contribution in [0.4, 0.5) is 0 Å². The maximum Gasteiger partial charge on any atom is 0.0406 e. The third kappa shape index (κ3) is 4.62. The summed E-state index contributed by atoms with van der Waals surface area (Å²) in [6.45, 7) is 4.49. The third-order valence-electron chi connectivity index (χ3n) is 4.02. The Hall–Kier alpha value is -0.530. The van der Waals surface area contributed by atoms with Crippen LogP contribution in [0.15, 0.2) is 24.3 Å². The summed E-state index contributed by atoms with van der Waals surface area (Å²) in [5, 5.41) is 4.35. The molecule has 18 heavy (non-hydrogen) atoms. The Bertz CT molecular complexity index is 347. The average molecular weight is 266 g/mol. The summed E-state index contributed by atoms with van der Waals surface area (Å²) in [6.07, 6.45) is 7.07. The van der Waals surface area contributed by atoms with Gasteiger partial charge in [-0.3, -0.25) is 0 Å². The van der Waals surface area contributed by atoms with Gasteiger partial charge in [-0.25, -0.2) is 0 Å². The minimum atomic E-state index is 0.815. The van der Waals surface area contributed by atoms with Crippen molar-refractivity contribution < 1.29 is 0 Å². The van der Waals surface area contributed by atoms with Gasteiger partial charge in [0.05, 0.1) is 0 Å². The van der Waals surface area contributed by atoms with Crippen LogP contribution < -0.4 is 5.32 Å². The summed E-state index contributed by atoms with van der Waals surface area (Å²) in [4.78, 5) is 0. The Labute approximate surface area is 116 Å². The van der Waals surface area contributed by atoms with Gasteiger partial charge in [-0.15, -0.1) is 0 Å². The molecule has 2 rings (SSSR count). The second kappa shape index (κ2) is 7.16. The van der Waals surface area contributed by atoms with Gasteiger partial charge in [0.2, 0.25) is 0 Å². The Morgan fingerprint density at radius 1 is 1.22 bits per heavy atom. The van der Waals surface area contributed by atoms with Gasteiger partial charge in [0.1, 0.15) is 0 Å². The minimum absolute atomic E-state index is 0.815. The van der Waals surface area contributed by atoms with Crippen LogP contribution in [0.2, 0.25) is 5.02 Å². The normalized spacial score (nSPS) is 24.1. The molecule has 0 heterocycles. The van der Waals surface area contributed by atoms with E-state index in [0.717, 1.165) is 29.9 Å². The molecule has 1 aromatic rings. The van der Waals surface area contributed by atoms with Gasteiger partial charge in [-0.2, -0.15) is 0 Å². The van der Waals surface area contributed by atoms with Gasteiger partial charge in [-0.05, 0) is 48.9 Å². The van der Waals surface area contributed by atoms with Crippen LogP contribution in [0, 0.1) is 11.8 Å². The molecule has 1 nitrogen and oxygen atoms in total. The van der Waals surface area contributed by atoms with E-state index in [1.54, 1.807) is 0 Å². The van der Waals surface area contributed by atoms with Crippen molar-refractivity contribution in [2.24, 2.45) is 11.8 Å². The zero-order chi connectivity index (χ0) is 12.8. The lowest BCUT2D eigenvalue weighted by Gasteiger charge is -2.26. The predicted molar refractivity (Wildman–Crippen MR) is 78.9 cm³/mol. The molecule has 2 unspecified atom stereocenters. The van der Waals surface area contributed by atoms with Gasteiger partial charge in [-0.1, -0.05) is 49.9 Å². The quantitative estimate of drug-likeness (QED) is 0.765. The zero-order valence-electron chi connectivity index (χ0n) is 11.3. The van der Waals surface area contributed by atoms with Crippen LogP contribution in [0.3, 0.4) is 0 Å². The van der Waals surface area contributed by atoms with E-state index >= 15 is 0 Å².